The average molecular weight is 294 g/mol. The van der Waals surface area contributed by atoms with Crippen LogP contribution in [0.5, 0.6) is 0 Å². The molecular formula is C17H14N2O3. The minimum Gasteiger partial charge on any atom is -0.465 e. The van der Waals surface area contributed by atoms with E-state index < -0.39 is 5.97 Å². The van der Waals surface area contributed by atoms with Crippen LogP contribution in [-0.2, 0) is 4.74 Å². The summed E-state index contributed by atoms with van der Waals surface area (Å²) in [6, 6.07) is 14.8. The molecule has 0 amide bonds. The van der Waals surface area contributed by atoms with Crippen molar-refractivity contribution in [1.29, 1.82) is 0 Å². The van der Waals surface area contributed by atoms with Crippen molar-refractivity contribution < 1.29 is 13.9 Å². The molecular weight excluding hydrogens is 280 g/mol. The lowest BCUT2D eigenvalue weighted by Crippen LogP contribution is -2.03. The van der Waals surface area contributed by atoms with E-state index in [9.17, 15) is 4.79 Å². The van der Waals surface area contributed by atoms with Gasteiger partial charge in [-0.05, 0) is 31.2 Å². The predicted molar refractivity (Wildman–Crippen MR) is 81.2 cm³/mol. The highest BCUT2D eigenvalue weighted by molar-refractivity contribution is 5.96. The summed E-state index contributed by atoms with van der Waals surface area (Å²) in [4.78, 5) is 11.8. The summed E-state index contributed by atoms with van der Waals surface area (Å²) in [5, 5.41) is 8.09. The van der Waals surface area contributed by atoms with Crippen molar-refractivity contribution in [2.24, 2.45) is 0 Å². The van der Waals surface area contributed by atoms with E-state index in [0.29, 0.717) is 17.0 Å². The van der Waals surface area contributed by atoms with Gasteiger partial charge in [-0.25, -0.2) is 4.79 Å². The lowest BCUT2D eigenvalue weighted by Gasteiger charge is -2.03. The van der Waals surface area contributed by atoms with Gasteiger partial charge in [0.05, 0.1) is 18.2 Å². The van der Waals surface area contributed by atoms with Gasteiger partial charge in [0.2, 0.25) is 11.8 Å². The Morgan fingerprint density at radius 1 is 1.00 bits per heavy atom. The van der Waals surface area contributed by atoms with Crippen LogP contribution in [0.1, 0.15) is 15.9 Å². The maximum atomic E-state index is 11.8. The van der Waals surface area contributed by atoms with Gasteiger partial charge in [-0.15, -0.1) is 10.2 Å². The highest BCUT2D eigenvalue weighted by atomic mass is 16.5. The summed E-state index contributed by atoms with van der Waals surface area (Å²) in [6.07, 6.45) is 0. The number of hydrogen-bond donors (Lipinski definition) is 0. The Labute approximate surface area is 127 Å². The summed E-state index contributed by atoms with van der Waals surface area (Å²) < 4.78 is 10.5. The SMILES string of the molecule is COC(=O)c1ccccc1-c1nnc(-c2ccc(C)cc2)o1. The van der Waals surface area contributed by atoms with Crippen LogP contribution < -0.4 is 0 Å². The van der Waals surface area contributed by atoms with E-state index in [1.54, 1.807) is 24.3 Å². The Hall–Kier alpha value is -2.95. The summed E-state index contributed by atoms with van der Waals surface area (Å²) in [7, 11) is 1.34. The molecule has 1 aromatic heterocycles. The highest BCUT2D eigenvalue weighted by Gasteiger charge is 2.18. The molecule has 22 heavy (non-hydrogen) atoms. The molecule has 0 aliphatic carbocycles. The van der Waals surface area contributed by atoms with Gasteiger partial charge in [0.25, 0.3) is 0 Å². The summed E-state index contributed by atoms with van der Waals surface area (Å²) >= 11 is 0. The van der Waals surface area contributed by atoms with Crippen LogP contribution in [0.2, 0.25) is 0 Å². The Bertz CT molecular complexity index is 807. The molecule has 0 N–H and O–H groups in total. The molecule has 2 aromatic carbocycles. The minimum absolute atomic E-state index is 0.288. The number of aromatic nitrogens is 2. The molecule has 0 bridgehead atoms. The molecule has 3 rings (SSSR count). The van der Waals surface area contributed by atoms with E-state index >= 15 is 0 Å². The van der Waals surface area contributed by atoms with Crippen LogP contribution in [0.25, 0.3) is 22.9 Å². The van der Waals surface area contributed by atoms with Gasteiger partial charge in [-0.1, -0.05) is 29.8 Å². The molecule has 110 valence electrons. The Morgan fingerprint density at radius 2 is 1.68 bits per heavy atom. The second-order valence-electron chi connectivity index (χ2n) is 4.82. The maximum Gasteiger partial charge on any atom is 0.338 e. The van der Waals surface area contributed by atoms with Gasteiger partial charge in [-0.2, -0.15) is 0 Å². The average Bonchev–Trinajstić information content (AvgIpc) is 3.04. The molecule has 0 aliphatic heterocycles. The number of hydrogen-bond acceptors (Lipinski definition) is 5. The minimum atomic E-state index is -0.439. The van der Waals surface area contributed by atoms with Gasteiger partial charge in [0, 0.05) is 5.56 Å². The summed E-state index contributed by atoms with van der Waals surface area (Å²) in [6.45, 7) is 2.01. The van der Waals surface area contributed by atoms with Crippen molar-refractivity contribution in [2.75, 3.05) is 7.11 Å². The molecule has 0 aliphatic rings. The lowest BCUT2D eigenvalue weighted by atomic mass is 10.1. The number of carbonyl (C=O) groups excluding carboxylic acids is 1. The zero-order valence-electron chi connectivity index (χ0n) is 12.2. The monoisotopic (exact) mass is 294 g/mol. The zero-order chi connectivity index (χ0) is 15.5. The third-order valence-corrected chi connectivity index (χ3v) is 3.29. The first-order chi connectivity index (χ1) is 10.7. The molecule has 0 atom stereocenters. The lowest BCUT2D eigenvalue weighted by molar-refractivity contribution is 0.0601. The van der Waals surface area contributed by atoms with Crippen molar-refractivity contribution in [3.05, 3.63) is 59.7 Å². The standard InChI is InChI=1S/C17H14N2O3/c1-11-7-9-12(10-8-11)15-18-19-16(22-15)13-5-3-4-6-14(13)17(20)21-2/h3-10H,1-2H3. The van der Waals surface area contributed by atoms with Gasteiger partial charge >= 0.3 is 5.97 Å². The highest BCUT2D eigenvalue weighted by Crippen LogP contribution is 2.26. The fourth-order valence-corrected chi connectivity index (χ4v) is 2.10. The van der Waals surface area contributed by atoms with Crippen LogP contribution in [0, 0.1) is 6.92 Å². The Balaban J connectivity index is 2.01. The Morgan fingerprint density at radius 3 is 2.41 bits per heavy atom. The van der Waals surface area contributed by atoms with Crippen LogP contribution in [0.3, 0.4) is 0 Å². The first kappa shape index (κ1) is 14.0. The molecule has 3 aromatic rings. The van der Waals surface area contributed by atoms with Gasteiger partial charge in [0.1, 0.15) is 0 Å². The van der Waals surface area contributed by atoms with Crippen LogP contribution in [-0.4, -0.2) is 23.3 Å². The second-order valence-corrected chi connectivity index (χ2v) is 4.82. The third kappa shape index (κ3) is 2.61. The second kappa shape index (κ2) is 5.81. The largest absolute Gasteiger partial charge is 0.465 e. The molecule has 0 saturated carbocycles. The van der Waals surface area contributed by atoms with Gasteiger partial charge in [-0.3, -0.25) is 0 Å². The van der Waals surface area contributed by atoms with Crippen molar-refractivity contribution in [3.63, 3.8) is 0 Å². The number of rotatable bonds is 3. The number of ether oxygens (including phenoxy) is 1. The number of nitrogens with zero attached hydrogens (tertiary/aromatic N) is 2. The number of carbonyl (C=O) groups is 1. The molecule has 0 fully saturated rings. The zero-order valence-corrected chi connectivity index (χ0v) is 12.2. The quantitative estimate of drug-likeness (QED) is 0.692. The maximum absolute atomic E-state index is 11.8. The van der Waals surface area contributed by atoms with Crippen molar-refractivity contribution in [1.82, 2.24) is 10.2 Å². The van der Waals surface area contributed by atoms with Gasteiger partial charge in [0.15, 0.2) is 0 Å². The number of aryl methyl sites for hydroxylation is 1. The molecule has 1 heterocycles. The van der Waals surface area contributed by atoms with Crippen molar-refractivity contribution >= 4 is 5.97 Å². The van der Waals surface area contributed by atoms with E-state index in [1.165, 1.54) is 7.11 Å². The summed E-state index contributed by atoms with van der Waals surface area (Å²) in [5.41, 5.74) is 2.93. The topological polar surface area (TPSA) is 65.2 Å². The van der Waals surface area contributed by atoms with E-state index in [1.807, 2.05) is 31.2 Å². The smallest absolute Gasteiger partial charge is 0.338 e. The molecule has 0 unspecified atom stereocenters. The Kier molecular flexibility index (Phi) is 3.70. The van der Waals surface area contributed by atoms with Crippen molar-refractivity contribution in [3.8, 4) is 22.9 Å². The third-order valence-electron chi connectivity index (χ3n) is 3.29. The van der Waals surface area contributed by atoms with Crippen molar-refractivity contribution in [2.45, 2.75) is 6.92 Å². The van der Waals surface area contributed by atoms with E-state index in [-0.39, 0.29) is 5.89 Å². The molecule has 0 spiro atoms. The number of benzene rings is 2. The molecule has 5 nitrogen and oxygen atoms in total. The van der Waals surface area contributed by atoms with E-state index in [0.717, 1.165) is 11.1 Å². The van der Waals surface area contributed by atoms with Crippen LogP contribution >= 0.6 is 0 Å². The fourth-order valence-electron chi connectivity index (χ4n) is 2.10. The molecule has 0 saturated heterocycles. The number of esters is 1. The number of methoxy groups -OCH3 is 1. The first-order valence-corrected chi connectivity index (χ1v) is 6.77. The van der Waals surface area contributed by atoms with E-state index in [2.05, 4.69) is 10.2 Å². The normalized spacial score (nSPS) is 10.5. The summed E-state index contributed by atoms with van der Waals surface area (Å²) in [5.74, 6) is 0.261. The molecule has 0 radical (unpaired) electrons. The van der Waals surface area contributed by atoms with Gasteiger partial charge < -0.3 is 9.15 Å². The van der Waals surface area contributed by atoms with Crippen LogP contribution in [0.15, 0.2) is 52.9 Å². The fraction of sp³-hybridized carbons (Fsp3) is 0.118. The first-order valence-electron chi connectivity index (χ1n) is 6.77. The van der Waals surface area contributed by atoms with Crippen LogP contribution in [0.4, 0.5) is 0 Å². The molecule has 5 heteroatoms. The van der Waals surface area contributed by atoms with E-state index in [4.69, 9.17) is 9.15 Å². The predicted octanol–water partition coefficient (Wildman–Crippen LogP) is 3.50.